The van der Waals surface area contributed by atoms with Crippen molar-refractivity contribution >= 4 is 11.9 Å². The van der Waals surface area contributed by atoms with Gasteiger partial charge in [-0.15, -0.1) is 0 Å². The molecule has 1 amide bonds. The van der Waals surface area contributed by atoms with E-state index in [-0.39, 0.29) is 11.9 Å². The second-order valence-corrected chi connectivity index (χ2v) is 5.08. The lowest BCUT2D eigenvalue weighted by Crippen LogP contribution is -2.30. The molecule has 1 aliphatic rings. The summed E-state index contributed by atoms with van der Waals surface area (Å²) in [5.74, 6) is 1.40. The first-order valence-electron chi connectivity index (χ1n) is 7.19. The van der Waals surface area contributed by atoms with E-state index >= 15 is 0 Å². The highest BCUT2D eigenvalue weighted by molar-refractivity contribution is 5.88. The van der Waals surface area contributed by atoms with Gasteiger partial charge in [-0.3, -0.25) is 10.1 Å². The molecule has 7 heteroatoms. The molecule has 1 unspecified atom stereocenters. The van der Waals surface area contributed by atoms with Crippen molar-refractivity contribution in [2.24, 2.45) is 5.92 Å². The zero-order valence-corrected chi connectivity index (χ0v) is 12.5. The molecule has 1 aromatic rings. The Kier molecular flexibility index (Phi) is 5.74. The van der Waals surface area contributed by atoms with Gasteiger partial charge in [0.25, 0.3) is 0 Å². The minimum Gasteiger partial charge on any atom is -0.481 e. The molecule has 0 saturated carbocycles. The Hall–Kier alpha value is -1.89. The predicted molar refractivity (Wildman–Crippen MR) is 78.6 cm³/mol. The summed E-state index contributed by atoms with van der Waals surface area (Å²) in [6.07, 6.45) is 3.71. The summed E-state index contributed by atoms with van der Waals surface area (Å²) in [5.41, 5.74) is 0. The van der Waals surface area contributed by atoms with Gasteiger partial charge in [-0.2, -0.15) is 9.97 Å². The number of hydrogen-bond donors (Lipinski definition) is 2. The monoisotopic (exact) mass is 294 g/mol. The second-order valence-electron chi connectivity index (χ2n) is 5.08. The third-order valence-corrected chi connectivity index (χ3v) is 3.53. The second kappa shape index (κ2) is 7.78. The van der Waals surface area contributed by atoms with E-state index in [9.17, 15) is 4.79 Å². The number of hydrogen-bond acceptors (Lipinski definition) is 6. The van der Waals surface area contributed by atoms with Crippen LogP contribution in [0.2, 0.25) is 0 Å². The van der Waals surface area contributed by atoms with E-state index in [0.717, 1.165) is 19.5 Å². The molecule has 1 saturated heterocycles. The number of ether oxygens (including phenoxy) is 2. The van der Waals surface area contributed by atoms with E-state index in [1.807, 2.05) is 0 Å². The zero-order valence-electron chi connectivity index (χ0n) is 12.5. The summed E-state index contributed by atoms with van der Waals surface area (Å²) >= 11 is 0. The third kappa shape index (κ3) is 4.86. The molecule has 0 bridgehead atoms. The first-order valence-corrected chi connectivity index (χ1v) is 7.19. The largest absolute Gasteiger partial charge is 0.481 e. The van der Waals surface area contributed by atoms with E-state index in [1.165, 1.54) is 27.1 Å². The van der Waals surface area contributed by atoms with Gasteiger partial charge < -0.3 is 14.8 Å². The lowest BCUT2D eigenvalue weighted by atomic mass is 9.94. The number of nitrogens with zero attached hydrogens (tertiary/aromatic N) is 2. The lowest BCUT2D eigenvalue weighted by Gasteiger charge is -2.22. The van der Waals surface area contributed by atoms with Gasteiger partial charge in [0, 0.05) is 6.42 Å². The van der Waals surface area contributed by atoms with E-state index < -0.39 is 0 Å². The fraction of sp³-hybridized carbons (Fsp3) is 0.643. The Morgan fingerprint density at radius 2 is 2.10 bits per heavy atom. The van der Waals surface area contributed by atoms with Gasteiger partial charge in [0.2, 0.25) is 23.6 Å². The number of amides is 1. The fourth-order valence-electron chi connectivity index (χ4n) is 2.36. The number of carbonyl (C=O) groups excluding carboxylic acids is 1. The molecule has 0 radical (unpaired) electrons. The van der Waals surface area contributed by atoms with Crippen LogP contribution in [0.4, 0.5) is 5.95 Å². The molecule has 21 heavy (non-hydrogen) atoms. The van der Waals surface area contributed by atoms with Crippen molar-refractivity contribution < 1.29 is 14.3 Å². The smallest absolute Gasteiger partial charge is 0.236 e. The van der Waals surface area contributed by atoms with Crippen LogP contribution in [0.15, 0.2) is 6.07 Å². The molecule has 0 spiro atoms. The van der Waals surface area contributed by atoms with Crippen LogP contribution in [-0.2, 0) is 4.79 Å². The summed E-state index contributed by atoms with van der Waals surface area (Å²) in [6.45, 7) is 2.08. The quantitative estimate of drug-likeness (QED) is 0.820. The number of aromatic nitrogens is 2. The number of carbonyl (C=O) groups is 1. The first kappa shape index (κ1) is 15.5. The Balaban J connectivity index is 1.86. The number of methoxy groups -OCH3 is 2. The molecule has 2 heterocycles. The minimum absolute atomic E-state index is 0.0871. The lowest BCUT2D eigenvalue weighted by molar-refractivity contribution is -0.116. The molecule has 0 aliphatic carbocycles. The molecular weight excluding hydrogens is 272 g/mol. The first-order chi connectivity index (χ1) is 10.2. The van der Waals surface area contributed by atoms with Crippen molar-refractivity contribution in [1.82, 2.24) is 15.3 Å². The SMILES string of the molecule is COc1cc(OC)nc(NC(=O)CCC2CCCNC2)n1. The Morgan fingerprint density at radius 3 is 2.67 bits per heavy atom. The van der Waals surface area contributed by atoms with Crippen LogP contribution in [0.1, 0.15) is 25.7 Å². The number of anilines is 1. The van der Waals surface area contributed by atoms with Crippen LogP contribution >= 0.6 is 0 Å². The maximum atomic E-state index is 12.0. The van der Waals surface area contributed by atoms with Crippen molar-refractivity contribution in [2.75, 3.05) is 32.6 Å². The highest BCUT2D eigenvalue weighted by Crippen LogP contribution is 2.19. The normalized spacial score (nSPS) is 18.1. The van der Waals surface area contributed by atoms with Crippen molar-refractivity contribution in [3.05, 3.63) is 6.07 Å². The third-order valence-electron chi connectivity index (χ3n) is 3.53. The molecule has 0 aromatic carbocycles. The van der Waals surface area contributed by atoms with Gasteiger partial charge in [0.05, 0.1) is 20.3 Å². The molecule has 1 aliphatic heterocycles. The highest BCUT2D eigenvalue weighted by Gasteiger charge is 2.15. The summed E-state index contributed by atoms with van der Waals surface area (Å²) < 4.78 is 10.1. The Labute approximate surface area is 124 Å². The fourth-order valence-corrected chi connectivity index (χ4v) is 2.36. The van der Waals surface area contributed by atoms with Gasteiger partial charge in [0.15, 0.2) is 0 Å². The van der Waals surface area contributed by atoms with Gasteiger partial charge in [-0.25, -0.2) is 0 Å². The molecule has 1 fully saturated rings. The standard InChI is InChI=1S/C14H22N4O3/c1-20-12-8-13(21-2)18-14(17-12)16-11(19)6-5-10-4-3-7-15-9-10/h8,10,15H,3-7,9H2,1-2H3,(H,16,17,18,19). The van der Waals surface area contributed by atoms with E-state index in [4.69, 9.17) is 9.47 Å². The van der Waals surface area contributed by atoms with Crippen molar-refractivity contribution in [1.29, 1.82) is 0 Å². The maximum absolute atomic E-state index is 12.0. The Bertz CT molecular complexity index is 453. The van der Waals surface area contributed by atoms with Crippen molar-refractivity contribution in [2.45, 2.75) is 25.7 Å². The van der Waals surface area contributed by atoms with Gasteiger partial charge in [0.1, 0.15) is 0 Å². The summed E-state index contributed by atoms with van der Waals surface area (Å²) in [4.78, 5) is 20.1. The van der Waals surface area contributed by atoms with Crippen LogP contribution in [0, 0.1) is 5.92 Å². The van der Waals surface area contributed by atoms with Crippen LogP contribution < -0.4 is 20.1 Å². The molecule has 2 N–H and O–H groups in total. The summed E-state index contributed by atoms with van der Waals surface area (Å²) in [7, 11) is 3.01. The molecule has 1 aromatic heterocycles. The maximum Gasteiger partial charge on any atom is 0.236 e. The zero-order chi connectivity index (χ0) is 15.1. The van der Waals surface area contributed by atoms with Crippen LogP contribution in [0.25, 0.3) is 0 Å². The van der Waals surface area contributed by atoms with E-state index in [0.29, 0.717) is 24.1 Å². The highest BCUT2D eigenvalue weighted by atomic mass is 16.5. The van der Waals surface area contributed by atoms with Crippen LogP contribution in [0.5, 0.6) is 11.8 Å². The topological polar surface area (TPSA) is 85.4 Å². The molecule has 1 atom stereocenters. The van der Waals surface area contributed by atoms with Crippen LogP contribution in [0.3, 0.4) is 0 Å². The molecule has 7 nitrogen and oxygen atoms in total. The minimum atomic E-state index is -0.0871. The summed E-state index contributed by atoms with van der Waals surface area (Å²) in [5, 5.41) is 6.04. The molecule has 116 valence electrons. The molecule has 2 rings (SSSR count). The summed E-state index contributed by atoms with van der Waals surface area (Å²) in [6, 6.07) is 1.56. The van der Waals surface area contributed by atoms with E-state index in [2.05, 4.69) is 20.6 Å². The van der Waals surface area contributed by atoms with Crippen LogP contribution in [-0.4, -0.2) is 43.2 Å². The number of nitrogens with one attached hydrogen (secondary N) is 2. The predicted octanol–water partition coefficient (Wildman–Crippen LogP) is 1.21. The Morgan fingerprint density at radius 1 is 1.38 bits per heavy atom. The average Bonchev–Trinajstić information content (AvgIpc) is 2.53. The van der Waals surface area contributed by atoms with E-state index in [1.54, 1.807) is 6.07 Å². The van der Waals surface area contributed by atoms with Gasteiger partial charge >= 0.3 is 0 Å². The van der Waals surface area contributed by atoms with Crippen molar-refractivity contribution in [3.8, 4) is 11.8 Å². The number of piperidine rings is 1. The molecular formula is C14H22N4O3. The van der Waals surface area contributed by atoms with Crippen molar-refractivity contribution in [3.63, 3.8) is 0 Å². The van der Waals surface area contributed by atoms with Gasteiger partial charge in [-0.1, -0.05) is 0 Å². The average molecular weight is 294 g/mol. The van der Waals surface area contributed by atoms with Gasteiger partial charge in [-0.05, 0) is 38.3 Å². The number of rotatable bonds is 6.